The van der Waals surface area contributed by atoms with Crippen molar-refractivity contribution in [3.05, 3.63) is 54.0 Å². The molecular formula is C17H21N3O. The van der Waals surface area contributed by atoms with E-state index in [1.54, 1.807) is 6.20 Å². The Bertz CT molecular complexity index is 720. The number of hydrogen-bond acceptors (Lipinski definition) is 3. The molecular weight excluding hydrogens is 262 g/mol. The summed E-state index contributed by atoms with van der Waals surface area (Å²) < 4.78 is 7.44. The maximum absolute atomic E-state index is 5.22. The highest BCUT2D eigenvalue weighted by Crippen LogP contribution is 2.23. The largest absolute Gasteiger partial charge is 0.359 e. The van der Waals surface area contributed by atoms with Crippen molar-refractivity contribution in [2.24, 2.45) is 0 Å². The summed E-state index contributed by atoms with van der Waals surface area (Å²) in [6.07, 6.45) is 3.88. The van der Waals surface area contributed by atoms with Crippen LogP contribution in [-0.4, -0.2) is 15.3 Å². The van der Waals surface area contributed by atoms with Gasteiger partial charge in [-0.3, -0.25) is 0 Å². The summed E-state index contributed by atoms with van der Waals surface area (Å²) in [7, 11) is 0. The standard InChI is InChI=1S/C17H21N3O/c1-17(2,3)18-10-13-11-20(12-14-8-9-19-21-14)16-7-5-4-6-15(13)16/h4-9,11,18H,10,12H2,1-3H3. The molecule has 0 atom stereocenters. The van der Waals surface area contributed by atoms with Crippen LogP contribution in [0.4, 0.5) is 0 Å². The molecule has 3 rings (SSSR count). The molecule has 4 nitrogen and oxygen atoms in total. The first kappa shape index (κ1) is 13.9. The van der Waals surface area contributed by atoms with Crippen LogP contribution < -0.4 is 5.32 Å². The highest BCUT2D eigenvalue weighted by atomic mass is 16.5. The van der Waals surface area contributed by atoms with Crippen molar-refractivity contribution in [1.29, 1.82) is 0 Å². The summed E-state index contributed by atoms with van der Waals surface area (Å²) in [5.41, 5.74) is 2.63. The maximum atomic E-state index is 5.22. The van der Waals surface area contributed by atoms with Crippen molar-refractivity contribution in [3.8, 4) is 0 Å². The zero-order chi connectivity index (χ0) is 14.9. The third-order valence-electron chi connectivity index (χ3n) is 3.50. The van der Waals surface area contributed by atoms with Gasteiger partial charge in [0, 0.05) is 35.2 Å². The second-order valence-corrected chi connectivity index (χ2v) is 6.38. The third kappa shape index (κ3) is 3.16. The average molecular weight is 283 g/mol. The fourth-order valence-corrected chi connectivity index (χ4v) is 2.45. The fourth-order valence-electron chi connectivity index (χ4n) is 2.45. The van der Waals surface area contributed by atoms with Gasteiger partial charge in [-0.1, -0.05) is 23.4 Å². The van der Waals surface area contributed by atoms with Crippen molar-refractivity contribution in [2.75, 3.05) is 0 Å². The number of nitrogens with zero attached hydrogens (tertiary/aromatic N) is 2. The van der Waals surface area contributed by atoms with Crippen molar-refractivity contribution >= 4 is 10.9 Å². The van der Waals surface area contributed by atoms with E-state index in [0.29, 0.717) is 6.54 Å². The van der Waals surface area contributed by atoms with Crippen molar-refractivity contribution in [3.63, 3.8) is 0 Å². The van der Waals surface area contributed by atoms with E-state index < -0.39 is 0 Å². The zero-order valence-electron chi connectivity index (χ0n) is 12.8. The van der Waals surface area contributed by atoms with Gasteiger partial charge in [-0.25, -0.2) is 0 Å². The van der Waals surface area contributed by atoms with Crippen molar-refractivity contribution < 1.29 is 4.52 Å². The van der Waals surface area contributed by atoms with Gasteiger partial charge in [-0.15, -0.1) is 0 Å². The van der Waals surface area contributed by atoms with E-state index in [9.17, 15) is 0 Å². The van der Waals surface area contributed by atoms with E-state index in [4.69, 9.17) is 4.52 Å². The Morgan fingerprint density at radius 2 is 2.00 bits per heavy atom. The van der Waals surface area contributed by atoms with Gasteiger partial charge in [-0.05, 0) is 32.4 Å². The molecule has 2 heterocycles. The molecule has 0 saturated carbocycles. The molecule has 2 aromatic heterocycles. The van der Waals surface area contributed by atoms with Crippen LogP contribution in [0.1, 0.15) is 32.1 Å². The molecule has 1 aromatic carbocycles. The number of benzene rings is 1. The third-order valence-corrected chi connectivity index (χ3v) is 3.50. The molecule has 110 valence electrons. The highest BCUT2D eigenvalue weighted by molar-refractivity contribution is 5.84. The van der Waals surface area contributed by atoms with Gasteiger partial charge in [0.1, 0.15) is 0 Å². The summed E-state index contributed by atoms with van der Waals surface area (Å²) in [4.78, 5) is 0. The molecule has 4 heteroatoms. The van der Waals surface area contributed by atoms with Crippen LogP contribution in [0.15, 0.2) is 47.2 Å². The monoisotopic (exact) mass is 283 g/mol. The van der Waals surface area contributed by atoms with E-state index in [1.165, 1.54) is 16.5 Å². The van der Waals surface area contributed by atoms with Gasteiger partial charge in [0.15, 0.2) is 5.76 Å². The predicted octanol–water partition coefficient (Wildman–Crippen LogP) is 3.57. The van der Waals surface area contributed by atoms with E-state index in [-0.39, 0.29) is 5.54 Å². The molecule has 0 saturated heterocycles. The highest BCUT2D eigenvalue weighted by Gasteiger charge is 2.13. The first-order valence-corrected chi connectivity index (χ1v) is 7.24. The number of fused-ring (bicyclic) bond motifs is 1. The minimum absolute atomic E-state index is 0.105. The Morgan fingerprint density at radius 3 is 2.71 bits per heavy atom. The molecule has 0 amide bonds. The molecule has 0 radical (unpaired) electrons. The van der Waals surface area contributed by atoms with Crippen LogP contribution in [0.5, 0.6) is 0 Å². The molecule has 3 aromatic rings. The molecule has 0 aliphatic heterocycles. The van der Waals surface area contributed by atoms with Crippen LogP contribution in [0, 0.1) is 0 Å². The van der Waals surface area contributed by atoms with Crippen LogP contribution in [0.3, 0.4) is 0 Å². The van der Waals surface area contributed by atoms with Crippen LogP contribution in [-0.2, 0) is 13.1 Å². The molecule has 0 aliphatic carbocycles. The minimum atomic E-state index is 0.105. The molecule has 0 bridgehead atoms. The molecule has 21 heavy (non-hydrogen) atoms. The van der Waals surface area contributed by atoms with Crippen molar-refractivity contribution in [1.82, 2.24) is 15.0 Å². The quantitative estimate of drug-likeness (QED) is 0.796. The predicted molar refractivity (Wildman–Crippen MR) is 84.1 cm³/mol. The van der Waals surface area contributed by atoms with E-state index in [1.807, 2.05) is 6.07 Å². The molecule has 0 spiro atoms. The second-order valence-electron chi connectivity index (χ2n) is 6.38. The smallest absolute Gasteiger partial charge is 0.156 e. The summed E-state index contributed by atoms with van der Waals surface area (Å²) in [5.74, 6) is 0.867. The van der Waals surface area contributed by atoms with E-state index >= 15 is 0 Å². The van der Waals surface area contributed by atoms with Crippen LogP contribution >= 0.6 is 0 Å². The number of para-hydroxylation sites is 1. The lowest BCUT2D eigenvalue weighted by atomic mass is 10.1. The first-order chi connectivity index (χ1) is 10.0. The van der Waals surface area contributed by atoms with E-state index in [2.05, 4.69) is 66.3 Å². The Labute approximate surface area is 124 Å². The Hall–Kier alpha value is -2.07. The summed E-state index contributed by atoms with van der Waals surface area (Å²) in [5, 5.41) is 8.61. The SMILES string of the molecule is CC(C)(C)NCc1cn(Cc2ccno2)c2ccccc12. The Morgan fingerprint density at radius 1 is 1.19 bits per heavy atom. The van der Waals surface area contributed by atoms with Crippen molar-refractivity contribution in [2.45, 2.75) is 39.4 Å². The summed E-state index contributed by atoms with van der Waals surface area (Å²) >= 11 is 0. The maximum Gasteiger partial charge on any atom is 0.156 e. The van der Waals surface area contributed by atoms with Gasteiger partial charge in [0.05, 0.1) is 12.7 Å². The number of aromatic nitrogens is 2. The average Bonchev–Trinajstić information content (AvgIpc) is 3.05. The lowest BCUT2D eigenvalue weighted by Crippen LogP contribution is -2.34. The van der Waals surface area contributed by atoms with Gasteiger partial charge in [0.2, 0.25) is 0 Å². The molecule has 0 fully saturated rings. The van der Waals surface area contributed by atoms with Crippen LogP contribution in [0.2, 0.25) is 0 Å². The normalized spacial score (nSPS) is 12.1. The number of hydrogen-bond donors (Lipinski definition) is 1. The van der Waals surface area contributed by atoms with E-state index in [0.717, 1.165) is 12.3 Å². The fraction of sp³-hybridized carbons (Fsp3) is 0.353. The molecule has 0 unspecified atom stereocenters. The van der Waals surface area contributed by atoms with Gasteiger partial charge in [0.25, 0.3) is 0 Å². The minimum Gasteiger partial charge on any atom is -0.359 e. The Kier molecular flexibility index (Phi) is 3.55. The lowest BCUT2D eigenvalue weighted by Gasteiger charge is -2.20. The van der Waals surface area contributed by atoms with Gasteiger partial charge < -0.3 is 14.4 Å². The number of rotatable bonds is 4. The first-order valence-electron chi connectivity index (χ1n) is 7.24. The zero-order valence-corrected chi connectivity index (χ0v) is 12.8. The van der Waals surface area contributed by atoms with Crippen LogP contribution in [0.25, 0.3) is 10.9 Å². The molecule has 1 N–H and O–H groups in total. The summed E-state index contributed by atoms with van der Waals surface area (Å²) in [6, 6.07) is 10.4. The lowest BCUT2D eigenvalue weighted by molar-refractivity contribution is 0.377. The number of nitrogens with one attached hydrogen (secondary N) is 1. The van der Waals surface area contributed by atoms with Gasteiger partial charge >= 0.3 is 0 Å². The molecule has 0 aliphatic rings. The topological polar surface area (TPSA) is 43.0 Å². The Balaban J connectivity index is 1.94. The van der Waals surface area contributed by atoms with Gasteiger partial charge in [-0.2, -0.15) is 0 Å². The second kappa shape index (κ2) is 5.37. The summed E-state index contributed by atoms with van der Waals surface area (Å²) in [6.45, 7) is 8.10.